The predicted molar refractivity (Wildman–Crippen MR) is 81.4 cm³/mol. The molecule has 0 aliphatic carbocycles. The number of methoxy groups -OCH3 is 1. The summed E-state index contributed by atoms with van der Waals surface area (Å²) in [5.74, 6) is 1.13. The molecule has 0 saturated carbocycles. The van der Waals surface area contributed by atoms with Crippen molar-refractivity contribution in [3.05, 3.63) is 59.7 Å². The maximum absolute atomic E-state index is 11.3. The molecule has 1 atom stereocenters. The van der Waals surface area contributed by atoms with Crippen LogP contribution in [0, 0.1) is 6.92 Å². The van der Waals surface area contributed by atoms with Crippen LogP contribution in [0.5, 0.6) is 11.5 Å². The van der Waals surface area contributed by atoms with Crippen molar-refractivity contribution in [2.24, 2.45) is 5.73 Å². The summed E-state index contributed by atoms with van der Waals surface area (Å²) < 4.78 is 10.3. The highest BCUT2D eigenvalue weighted by Crippen LogP contribution is 2.22. The van der Waals surface area contributed by atoms with Crippen molar-refractivity contribution < 1.29 is 14.3 Å². The number of carbonyl (C=O) groups is 1. The molecule has 0 saturated heterocycles. The Hall–Kier alpha value is -2.33. The topological polar surface area (TPSA) is 61.5 Å². The number of esters is 1. The maximum atomic E-state index is 11.3. The first-order valence-electron chi connectivity index (χ1n) is 6.75. The van der Waals surface area contributed by atoms with Gasteiger partial charge in [0.25, 0.3) is 0 Å². The monoisotopic (exact) mass is 285 g/mol. The van der Waals surface area contributed by atoms with Crippen molar-refractivity contribution in [2.45, 2.75) is 19.4 Å². The lowest BCUT2D eigenvalue weighted by atomic mass is 10.1. The van der Waals surface area contributed by atoms with Crippen LogP contribution in [0.15, 0.2) is 48.5 Å². The van der Waals surface area contributed by atoms with Gasteiger partial charge in [-0.25, -0.2) is 0 Å². The minimum absolute atomic E-state index is 0.407. The molecule has 4 heteroatoms. The molecule has 0 aliphatic heterocycles. The van der Waals surface area contributed by atoms with E-state index in [0.717, 1.165) is 17.1 Å². The van der Waals surface area contributed by atoms with Gasteiger partial charge in [-0.3, -0.25) is 4.79 Å². The van der Waals surface area contributed by atoms with Crippen LogP contribution in [0.3, 0.4) is 0 Å². The number of ether oxygens (including phenoxy) is 2. The number of carbonyl (C=O) groups excluding carboxylic acids is 1. The lowest BCUT2D eigenvalue weighted by molar-refractivity contribution is -0.142. The lowest BCUT2D eigenvalue weighted by Gasteiger charge is -2.10. The zero-order valence-corrected chi connectivity index (χ0v) is 12.2. The molecule has 2 rings (SSSR count). The minimum Gasteiger partial charge on any atom is -0.468 e. The molecule has 0 amide bonds. The zero-order chi connectivity index (χ0) is 15.2. The first kappa shape index (κ1) is 15.1. The molecule has 0 bridgehead atoms. The number of hydrogen-bond donors (Lipinski definition) is 1. The fraction of sp³-hybridized carbons (Fsp3) is 0.235. The summed E-state index contributed by atoms with van der Waals surface area (Å²) in [6.45, 7) is 2.03. The summed E-state index contributed by atoms with van der Waals surface area (Å²) in [5.41, 5.74) is 7.88. The first-order valence-corrected chi connectivity index (χ1v) is 6.75. The van der Waals surface area contributed by atoms with Gasteiger partial charge in [-0.15, -0.1) is 0 Å². The fourth-order valence-electron chi connectivity index (χ4n) is 1.92. The maximum Gasteiger partial charge on any atom is 0.322 e. The van der Waals surface area contributed by atoms with Crippen molar-refractivity contribution in [1.29, 1.82) is 0 Å². The van der Waals surface area contributed by atoms with Crippen LogP contribution >= 0.6 is 0 Å². The van der Waals surface area contributed by atoms with Crippen molar-refractivity contribution in [1.82, 2.24) is 0 Å². The summed E-state index contributed by atoms with van der Waals surface area (Å²) >= 11 is 0. The molecule has 2 aromatic rings. The fourth-order valence-corrected chi connectivity index (χ4v) is 1.92. The SMILES string of the molecule is COC(=O)C(N)Cc1ccc(Oc2ccc(C)cc2)cc1. The highest BCUT2D eigenvalue weighted by atomic mass is 16.5. The average molecular weight is 285 g/mol. The van der Waals surface area contributed by atoms with Gasteiger partial charge in [0.1, 0.15) is 17.5 Å². The molecule has 4 nitrogen and oxygen atoms in total. The van der Waals surface area contributed by atoms with Gasteiger partial charge in [-0.2, -0.15) is 0 Å². The molecular formula is C17H19NO3. The lowest BCUT2D eigenvalue weighted by Crippen LogP contribution is -2.33. The van der Waals surface area contributed by atoms with Gasteiger partial charge in [0.2, 0.25) is 0 Å². The van der Waals surface area contributed by atoms with E-state index in [2.05, 4.69) is 4.74 Å². The van der Waals surface area contributed by atoms with Crippen LogP contribution in [0.1, 0.15) is 11.1 Å². The van der Waals surface area contributed by atoms with Crippen LogP contribution in [0.2, 0.25) is 0 Å². The Bertz CT molecular complexity index is 590. The third-order valence-electron chi connectivity index (χ3n) is 3.14. The van der Waals surface area contributed by atoms with E-state index in [1.165, 1.54) is 12.7 Å². The van der Waals surface area contributed by atoms with Gasteiger partial charge in [0.15, 0.2) is 0 Å². The van der Waals surface area contributed by atoms with E-state index in [1.54, 1.807) is 0 Å². The molecule has 0 spiro atoms. The van der Waals surface area contributed by atoms with Crippen LogP contribution in [0.4, 0.5) is 0 Å². The molecule has 2 N–H and O–H groups in total. The summed E-state index contributed by atoms with van der Waals surface area (Å²) in [7, 11) is 1.33. The Morgan fingerprint density at radius 3 is 2.10 bits per heavy atom. The predicted octanol–water partition coefficient (Wildman–Crippen LogP) is 2.83. The van der Waals surface area contributed by atoms with Gasteiger partial charge >= 0.3 is 5.97 Å². The van der Waals surface area contributed by atoms with E-state index in [0.29, 0.717) is 6.42 Å². The number of benzene rings is 2. The second-order valence-electron chi connectivity index (χ2n) is 4.89. The van der Waals surface area contributed by atoms with Crippen LogP contribution < -0.4 is 10.5 Å². The summed E-state index contributed by atoms with van der Waals surface area (Å²) in [4.78, 5) is 11.3. The molecule has 1 unspecified atom stereocenters. The van der Waals surface area contributed by atoms with Crippen LogP contribution in [-0.2, 0) is 16.0 Å². The van der Waals surface area contributed by atoms with Gasteiger partial charge < -0.3 is 15.2 Å². The van der Waals surface area contributed by atoms with E-state index in [1.807, 2.05) is 55.5 Å². The van der Waals surface area contributed by atoms with Crippen molar-refractivity contribution in [2.75, 3.05) is 7.11 Å². The second kappa shape index (κ2) is 6.90. The number of hydrogen-bond acceptors (Lipinski definition) is 4. The molecule has 21 heavy (non-hydrogen) atoms. The minimum atomic E-state index is -0.640. The smallest absolute Gasteiger partial charge is 0.322 e. The van der Waals surface area contributed by atoms with Gasteiger partial charge in [-0.05, 0) is 43.2 Å². The molecule has 0 aliphatic rings. The quantitative estimate of drug-likeness (QED) is 0.858. The van der Waals surface area contributed by atoms with E-state index in [9.17, 15) is 4.79 Å². The first-order chi connectivity index (χ1) is 10.1. The van der Waals surface area contributed by atoms with Crippen LogP contribution in [-0.4, -0.2) is 19.1 Å². The second-order valence-corrected chi connectivity index (χ2v) is 4.89. The van der Waals surface area contributed by atoms with Crippen molar-refractivity contribution in [3.8, 4) is 11.5 Å². The van der Waals surface area contributed by atoms with E-state index < -0.39 is 12.0 Å². The Balaban J connectivity index is 1.98. The number of rotatable bonds is 5. The normalized spacial score (nSPS) is 11.8. The molecular weight excluding hydrogens is 266 g/mol. The summed E-state index contributed by atoms with van der Waals surface area (Å²) in [5, 5.41) is 0. The number of nitrogens with two attached hydrogens (primary N) is 1. The van der Waals surface area contributed by atoms with E-state index in [4.69, 9.17) is 10.5 Å². The summed E-state index contributed by atoms with van der Waals surface area (Å²) in [6, 6.07) is 14.7. The van der Waals surface area contributed by atoms with Gasteiger partial charge in [0.05, 0.1) is 7.11 Å². The molecule has 0 fully saturated rings. The molecule has 0 radical (unpaired) electrons. The van der Waals surface area contributed by atoms with E-state index in [-0.39, 0.29) is 0 Å². The Morgan fingerprint density at radius 1 is 1.05 bits per heavy atom. The molecule has 0 heterocycles. The van der Waals surface area contributed by atoms with Crippen molar-refractivity contribution in [3.63, 3.8) is 0 Å². The largest absolute Gasteiger partial charge is 0.468 e. The summed E-state index contributed by atoms with van der Waals surface area (Å²) in [6.07, 6.45) is 0.442. The highest BCUT2D eigenvalue weighted by molar-refractivity contribution is 5.75. The molecule has 110 valence electrons. The highest BCUT2D eigenvalue weighted by Gasteiger charge is 2.14. The third-order valence-corrected chi connectivity index (χ3v) is 3.14. The molecule has 2 aromatic carbocycles. The number of aryl methyl sites for hydroxylation is 1. The standard InChI is InChI=1S/C17H19NO3/c1-12-3-7-14(8-4-12)21-15-9-5-13(6-10-15)11-16(18)17(19)20-2/h3-10,16H,11,18H2,1-2H3. The molecule has 0 aromatic heterocycles. The third kappa shape index (κ3) is 4.33. The zero-order valence-electron chi connectivity index (χ0n) is 12.2. The average Bonchev–Trinajstić information content (AvgIpc) is 2.50. The Labute approximate surface area is 124 Å². The Morgan fingerprint density at radius 2 is 1.57 bits per heavy atom. The Kier molecular flexibility index (Phi) is 4.95. The van der Waals surface area contributed by atoms with Crippen LogP contribution in [0.25, 0.3) is 0 Å². The van der Waals surface area contributed by atoms with Gasteiger partial charge in [-0.1, -0.05) is 29.8 Å². The van der Waals surface area contributed by atoms with E-state index >= 15 is 0 Å². The van der Waals surface area contributed by atoms with Gasteiger partial charge in [0, 0.05) is 0 Å². The van der Waals surface area contributed by atoms with Crippen molar-refractivity contribution >= 4 is 5.97 Å².